The molecule has 2 fully saturated rings. The SMILES string of the molecule is O=C(CCc1nc(-c2ccc(Cl)cc2)no1)N(C1CCCC1)C1CC1. The lowest BCUT2D eigenvalue weighted by molar-refractivity contribution is -0.134. The number of halogens is 1. The van der Waals surface area contributed by atoms with Crippen LogP contribution in [0.2, 0.25) is 5.02 Å². The van der Waals surface area contributed by atoms with E-state index in [1.807, 2.05) is 12.1 Å². The van der Waals surface area contributed by atoms with Crippen molar-refractivity contribution in [1.82, 2.24) is 15.0 Å². The van der Waals surface area contributed by atoms with Crippen molar-refractivity contribution in [3.05, 3.63) is 35.2 Å². The van der Waals surface area contributed by atoms with E-state index in [0.717, 1.165) is 31.2 Å². The van der Waals surface area contributed by atoms with Gasteiger partial charge in [-0.15, -0.1) is 0 Å². The average molecular weight is 360 g/mol. The summed E-state index contributed by atoms with van der Waals surface area (Å²) in [5.41, 5.74) is 0.858. The van der Waals surface area contributed by atoms with Crippen LogP contribution in [-0.2, 0) is 11.2 Å². The number of benzene rings is 1. The molecule has 1 aromatic carbocycles. The Kier molecular flexibility index (Phi) is 4.75. The zero-order chi connectivity index (χ0) is 17.2. The zero-order valence-corrected chi connectivity index (χ0v) is 14.9. The van der Waals surface area contributed by atoms with Gasteiger partial charge in [-0.3, -0.25) is 4.79 Å². The lowest BCUT2D eigenvalue weighted by Gasteiger charge is -2.29. The predicted molar refractivity (Wildman–Crippen MR) is 95.2 cm³/mol. The van der Waals surface area contributed by atoms with Crippen molar-refractivity contribution in [1.29, 1.82) is 0 Å². The van der Waals surface area contributed by atoms with E-state index in [1.165, 1.54) is 12.8 Å². The molecule has 1 heterocycles. The van der Waals surface area contributed by atoms with Crippen LogP contribution in [0.4, 0.5) is 0 Å². The number of rotatable bonds is 6. The number of carbonyl (C=O) groups is 1. The molecule has 1 aromatic heterocycles. The second-order valence-corrected chi connectivity index (χ2v) is 7.43. The maximum Gasteiger partial charge on any atom is 0.227 e. The molecule has 0 radical (unpaired) electrons. The molecule has 0 bridgehead atoms. The molecule has 0 N–H and O–H groups in total. The third-order valence-corrected chi connectivity index (χ3v) is 5.32. The molecule has 1 amide bonds. The lowest BCUT2D eigenvalue weighted by Crippen LogP contribution is -2.40. The van der Waals surface area contributed by atoms with Gasteiger partial charge in [0.05, 0.1) is 0 Å². The summed E-state index contributed by atoms with van der Waals surface area (Å²) in [5.74, 6) is 1.29. The second kappa shape index (κ2) is 7.16. The van der Waals surface area contributed by atoms with Gasteiger partial charge in [0.25, 0.3) is 0 Å². The maximum absolute atomic E-state index is 12.7. The van der Waals surface area contributed by atoms with Crippen LogP contribution in [0.15, 0.2) is 28.8 Å². The van der Waals surface area contributed by atoms with Crippen molar-refractivity contribution in [3.8, 4) is 11.4 Å². The van der Waals surface area contributed by atoms with E-state index in [9.17, 15) is 4.79 Å². The summed E-state index contributed by atoms with van der Waals surface area (Å²) >= 11 is 5.90. The molecule has 2 aromatic rings. The van der Waals surface area contributed by atoms with Crippen LogP contribution >= 0.6 is 11.6 Å². The van der Waals surface area contributed by atoms with Crippen LogP contribution in [0.1, 0.15) is 50.8 Å². The van der Waals surface area contributed by atoms with Gasteiger partial charge in [-0.25, -0.2) is 0 Å². The Balaban J connectivity index is 1.37. The molecule has 5 nitrogen and oxygen atoms in total. The van der Waals surface area contributed by atoms with E-state index in [1.54, 1.807) is 12.1 Å². The molecule has 2 aliphatic carbocycles. The van der Waals surface area contributed by atoms with Crippen molar-refractivity contribution in [2.75, 3.05) is 0 Å². The largest absolute Gasteiger partial charge is 0.339 e. The molecule has 0 atom stereocenters. The van der Waals surface area contributed by atoms with E-state index < -0.39 is 0 Å². The molecule has 0 unspecified atom stereocenters. The Bertz CT molecular complexity index is 733. The van der Waals surface area contributed by atoms with Crippen molar-refractivity contribution >= 4 is 17.5 Å². The summed E-state index contributed by atoms with van der Waals surface area (Å²) in [6.45, 7) is 0. The van der Waals surface area contributed by atoms with Gasteiger partial charge in [-0.2, -0.15) is 4.98 Å². The Morgan fingerprint density at radius 3 is 2.48 bits per heavy atom. The highest BCUT2D eigenvalue weighted by molar-refractivity contribution is 6.30. The smallest absolute Gasteiger partial charge is 0.227 e. The standard InChI is InChI=1S/C19H22ClN3O2/c20-14-7-5-13(6-8-14)19-21-17(25-22-19)11-12-18(24)23(16-9-10-16)15-3-1-2-4-15/h5-8,15-16H,1-4,9-12H2. The molecule has 6 heteroatoms. The summed E-state index contributed by atoms with van der Waals surface area (Å²) in [6, 6.07) is 8.24. The van der Waals surface area contributed by atoms with Crippen LogP contribution in [0.3, 0.4) is 0 Å². The Hall–Kier alpha value is -1.88. The number of aryl methyl sites for hydroxylation is 1. The van der Waals surface area contributed by atoms with Gasteiger partial charge in [0, 0.05) is 35.5 Å². The summed E-state index contributed by atoms with van der Waals surface area (Å²) in [6.07, 6.45) is 8.05. The first-order chi connectivity index (χ1) is 12.2. The molecule has 132 valence electrons. The zero-order valence-electron chi connectivity index (χ0n) is 14.2. The molecule has 2 aliphatic rings. The molecular weight excluding hydrogens is 338 g/mol. The highest BCUT2D eigenvalue weighted by Crippen LogP contribution is 2.35. The topological polar surface area (TPSA) is 59.2 Å². The molecule has 4 rings (SSSR count). The average Bonchev–Trinajstić information content (AvgIpc) is 3.11. The minimum Gasteiger partial charge on any atom is -0.339 e. The molecule has 0 aliphatic heterocycles. The van der Waals surface area contributed by atoms with Crippen LogP contribution in [0.25, 0.3) is 11.4 Å². The molecule has 2 saturated carbocycles. The highest BCUT2D eigenvalue weighted by atomic mass is 35.5. The van der Waals surface area contributed by atoms with E-state index in [4.69, 9.17) is 16.1 Å². The van der Waals surface area contributed by atoms with Crippen molar-refractivity contribution < 1.29 is 9.32 Å². The number of nitrogens with zero attached hydrogens (tertiary/aromatic N) is 3. The first-order valence-electron chi connectivity index (χ1n) is 9.10. The summed E-state index contributed by atoms with van der Waals surface area (Å²) in [4.78, 5) is 19.3. The summed E-state index contributed by atoms with van der Waals surface area (Å²) < 4.78 is 5.32. The Morgan fingerprint density at radius 1 is 1.12 bits per heavy atom. The van der Waals surface area contributed by atoms with Crippen molar-refractivity contribution in [2.24, 2.45) is 0 Å². The number of aromatic nitrogens is 2. The third-order valence-electron chi connectivity index (χ3n) is 5.07. The normalized spacial score (nSPS) is 17.8. The number of hydrogen-bond donors (Lipinski definition) is 0. The maximum atomic E-state index is 12.7. The van der Waals surface area contributed by atoms with Gasteiger partial charge in [0.1, 0.15) is 0 Å². The van der Waals surface area contributed by atoms with Gasteiger partial charge < -0.3 is 9.42 Å². The van der Waals surface area contributed by atoms with Gasteiger partial charge in [0.2, 0.25) is 17.6 Å². The highest BCUT2D eigenvalue weighted by Gasteiger charge is 2.38. The minimum atomic E-state index is 0.237. The van der Waals surface area contributed by atoms with Crippen LogP contribution in [0, 0.1) is 0 Å². The van der Waals surface area contributed by atoms with E-state index in [-0.39, 0.29) is 5.91 Å². The lowest BCUT2D eigenvalue weighted by atomic mass is 10.1. The van der Waals surface area contributed by atoms with Gasteiger partial charge in [-0.1, -0.05) is 29.6 Å². The summed E-state index contributed by atoms with van der Waals surface area (Å²) in [5, 5.41) is 4.68. The molecular formula is C19H22ClN3O2. The Morgan fingerprint density at radius 2 is 1.80 bits per heavy atom. The van der Waals surface area contributed by atoms with Crippen molar-refractivity contribution in [2.45, 2.75) is 63.5 Å². The fourth-order valence-electron chi connectivity index (χ4n) is 3.66. The quantitative estimate of drug-likeness (QED) is 0.773. The van der Waals surface area contributed by atoms with E-state index >= 15 is 0 Å². The summed E-state index contributed by atoms with van der Waals surface area (Å²) in [7, 11) is 0. The minimum absolute atomic E-state index is 0.237. The van der Waals surface area contributed by atoms with Gasteiger partial charge in [0.15, 0.2) is 0 Å². The van der Waals surface area contributed by atoms with Crippen molar-refractivity contribution in [3.63, 3.8) is 0 Å². The van der Waals surface area contributed by atoms with Gasteiger partial charge in [-0.05, 0) is 49.9 Å². The van der Waals surface area contributed by atoms with E-state index in [0.29, 0.717) is 41.7 Å². The third kappa shape index (κ3) is 3.87. The Labute approximate surface area is 152 Å². The van der Waals surface area contributed by atoms with Crippen LogP contribution in [-0.4, -0.2) is 33.0 Å². The number of hydrogen-bond acceptors (Lipinski definition) is 4. The van der Waals surface area contributed by atoms with Gasteiger partial charge >= 0.3 is 0 Å². The number of carbonyl (C=O) groups excluding carboxylic acids is 1. The van der Waals surface area contributed by atoms with Crippen LogP contribution in [0.5, 0.6) is 0 Å². The fraction of sp³-hybridized carbons (Fsp3) is 0.526. The van der Waals surface area contributed by atoms with Crippen LogP contribution < -0.4 is 0 Å². The molecule has 25 heavy (non-hydrogen) atoms. The second-order valence-electron chi connectivity index (χ2n) is 6.99. The monoisotopic (exact) mass is 359 g/mol. The molecule has 0 saturated heterocycles. The fourth-order valence-corrected chi connectivity index (χ4v) is 3.78. The first-order valence-corrected chi connectivity index (χ1v) is 9.48. The number of amides is 1. The first kappa shape index (κ1) is 16.6. The predicted octanol–water partition coefficient (Wildman–Crippen LogP) is 4.26. The molecule has 0 spiro atoms. The van der Waals surface area contributed by atoms with E-state index in [2.05, 4.69) is 15.0 Å².